The van der Waals surface area contributed by atoms with Crippen LogP contribution in [0, 0.1) is 11.7 Å². The van der Waals surface area contributed by atoms with Crippen molar-refractivity contribution >= 4 is 40.6 Å². The normalized spacial score (nSPS) is 19.1. The summed E-state index contributed by atoms with van der Waals surface area (Å²) in [7, 11) is 0. The lowest BCUT2D eigenvalue weighted by atomic mass is 9.95. The van der Waals surface area contributed by atoms with Crippen LogP contribution >= 0.6 is 11.6 Å². The number of aromatic nitrogens is 2. The molecule has 0 spiro atoms. The largest absolute Gasteiger partial charge is 0.444 e. The standard InChI is InChI=1S/C31H38ClFN4O2/c1-7-8-19(2)27-25-13-14-36(30(38)39-31(4,5)6)18-22(16-21-9-11-24(33)12-10-21)29(25)37(35-27)28-20(3)15-23(32)17-26(28)34/h9-12,16-17,20H,2,7-8,13-15,18,34H2,1,3-6H3/b22-16+. The number of rotatable bonds is 5. The fourth-order valence-electron chi connectivity index (χ4n) is 5.16. The number of nitrogens with zero attached hydrogens (tertiary/aromatic N) is 3. The van der Waals surface area contributed by atoms with Crippen molar-refractivity contribution in [2.45, 2.75) is 65.9 Å². The average molecular weight is 553 g/mol. The predicted octanol–water partition coefficient (Wildman–Crippen LogP) is 7.46. The first-order valence-corrected chi connectivity index (χ1v) is 13.9. The lowest BCUT2D eigenvalue weighted by molar-refractivity contribution is 0.0279. The van der Waals surface area contributed by atoms with E-state index in [9.17, 15) is 9.18 Å². The van der Waals surface area contributed by atoms with Crippen LogP contribution in [0.2, 0.25) is 0 Å². The van der Waals surface area contributed by atoms with E-state index >= 15 is 0 Å². The van der Waals surface area contributed by atoms with E-state index in [4.69, 9.17) is 27.2 Å². The van der Waals surface area contributed by atoms with Crippen molar-refractivity contribution in [2.24, 2.45) is 11.7 Å². The maximum absolute atomic E-state index is 13.7. The van der Waals surface area contributed by atoms with Gasteiger partial charge >= 0.3 is 6.09 Å². The molecule has 1 aliphatic carbocycles. The highest BCUT2D eigenvalue weighted by atomic mass is 35.5. The number of halogens is 2. The van der Waals surface area contributed by atoms with E-state index in [-0.39, 0.29) is 17.8 Å². The summed E-state index contributed by atoms with van der Waals surface area (Å²) in [6.45, 7) is 14.9. The lowest BCUT2D eigenvalue weighted by Crippen LogP contribution is -2.38. The zero-order valence-corrected chi connectivity index (χ0v) is 24.2. The molecule has 2 heterocycles. The molecule has 208 valence electrons. The Morgan fingerprint density at radius 2 is 2.00 bits per heavy atom. The van der Waals surface area contributed by atoms with Crippen molar-refractivity contribution in [1.82, 2.24) is 14.7 Å². The van der Waals surface area contributed by atoms with Gasteiger partial charge in [0.15, 0.2) is 0 Å². The zero-order valence-electron chi connectivity index (χ0n) is 23.5. The number of nitrogens with two attached hydrogens (primary N) is 1. The van der Waals surface area contributed by atoms with Crippen LogP contribution in [0.25, 0.3) is 22.9 Å². The van der Waals surface area contributed by atoms with Gasteiger partial charge in [0.25, 0.3) is 0 Å². The van der Waals surface area contributed by atoms with E-state index < -0.39 is 5.60 Å². The quantitative estimate of drug-likeness (QED) is 0.418. The topological polar surface area (TPSA) is 73.4 Å². The number of hydrogen-bond donors (Lipinski definition) is 1. The highest BCUT2D eigenvalue weighted by Crippen LogP contribution is 2.39. The summed E-state index contributed by atoms with van der Waals surface area (Å²) in [6, 6.07) is 6.30. The SMILES string of the molecule is C=C(CCC)c1nn(C2=C(N)C=C(Cl)CC2C)c2c1CCN(C(=O)OC(C)(C)C)C/C2=C\c1ccc(F)cc1. The third-order valence-corrected chi connectivity index (χ3v) is 7.10. The molecule has 0 radical (unpaired) electrons. The number of ether oxygens (including phenoxy) is 1. The molecule has 0 saturated heterocycles. The van der Waals surface area contributed by atoms with Gasteiger partial charge in [0.05, 0.1) is 29.3 Å². The first kappa shape index (κ1) is 28.7. The Kier molecular flexibility index (Phi) is 8.40. The van der Waals surface area contributed by atoms with Gasteiger partial charge in [0, 0.05) is 23.1 Å². The zero-order chi connectivity index (χ0) is 28.5. The van der Waals surface area contributed by atoms with Crippen LogP contribution in [0.5, 0.6) is 0 Å². The molecule has 1 aliphatic heterocycles. The molecule has 4 rings (SSSR count). The van der Waals surface area contributed by atoms with E-state index in [2.05, 4.69) is 20.4 Å². The third-order valence-electron chi connectivity index (χ3n) is 6.83. The highest BCUT2D eigenvalue weighted by molar-refractivity contribution is 6.30. The Hall–Kier alpha value is -3.32. The molecule has 2 N–H and O–H groups in total. The molecular formula is C31H38ClFN4O2. The fraction of sp³-hybridized carbons (Fsp3) is 0.419. The molecule has 2 aliphatic rings. The molecule has 0 fully saturated rings. The first-order valence-electron chi connectivity index (χ1n) is 13.5. The summed E-state index contributed by atoms with van der Waals surface area (Å²) in [5.41, 5.74) is 12.7. The van der Waals surface area contributed by atoms with E-state index in [0.29, 0.717) is 36.7 Å². The third kappa shape index (κ3) is 6.47. The van der Waals surface area contributed by atoms with Gasteiger partial charge in [-0.1, -0.05) is 50.6 Å². The van der Waals surface area contributed by atoms with Crippen molar-refractivity contribution in [3.63, 3.8) is 0 Å². The second-order valence-corrected chi connectivity index (χ2v) is 11.8. The van der Waals surface area contributed by atoms with Crippen molar-refractivity contribution in [2.75, 3.05) is 13.1 Å². The minimum atomic E-state index is -0.628. The van der Waals surface area contributed by atoms with E-state index in [0.717, 1.165) is 52.2 Å². The van der Waals surface area contributed by atoms with Gasteiger partial charge in [-0.25, -0.2) is 13.9 Å². The Bertz CT molecular complexity index is 1360. The van der Waals surface area contributed by atoms with Crippen molar-refractivity contribution in [3.05, 3.63) is 76.0 Å². The van der Waals surface area contributed by atoms with Crippen LogP contribution in [0.4, 0.5) is 9.18 Å². The number of amides is 1. The smallest absolute Gasteiger partial charge is 0.410 e. The van der Waals surface area contributed by atoms with Gasteiger partial charge in [0.1, 0.15) is 11.4 Å². The second kappa shape index (κ2) is 11.4. The van der Waals surface area contributed by atoms with Gasteiger partial charge < -0.3 is 15.4 Å². The summed E-state index contributed by atoms with van der Waals surface area (Å²) < 4.78 is 21.4. The first-order chi connectivity index (χ1) is 18.4. The molecule has 0 saturated carbocycles. The summed E-state index contributed by atoms with van der Waals surface area (Å²) in [6.07, 6.45) is 6.35. The minimum Gasteiger partial charge on any atom is -0.444 e. The maximum Gasteiger partial charge on any atom is 0.410 e. The van der Waals surface area contributed by atoms with Crippen LogP contribution in [-0.2, 0) is 11.2 Å². The Morgan fingerprint density at radius 1 is 1.31 bits per heavy atom. The highest BCUT2D eigenvalue weighted by Gasteiger charge is 2.33. The number of hydrogen-bond acceptors (Lipinski definition) is 4. The average Bonchev–Trinajstić information content (AvgIpc) is 3.09. The van der Waals surface area contributed by atoms with Crippen LogP contribution in [0.3, 0.4) is 0 Å². The molecule has 6 nitrogen and oxygen atoms in total. The van der Waals surface area contributed by atoms with E-state index in [1.54, 1.807) is 23.1 Å². The molecule has 2 aromatic rings. The van der Waals surface area contributed by atoms with Crippen molar-refractivity contribution < 1.29 is 13.9 Å². The Morgan fingerprint density at radius 3 is 2.62 bits per heavy atom. The van der Waals surface area contributed by atoms with Gasteiger partial charge in [-0.3, -0.25) is 0 Å². The molecule has 39 heavy (non-hydrogen) atoms. The number of allylic oxidation sites excluding steroid dienone is 4. The summed E-state index contributed by atoms with van der Waals surface area (Å²) in [4.78, 5) is 15.0. The van der Waals surface area contributed by atoms with Gasteiger partial charge in [-0.05, 0) is 81.0 Å². The molecular weight excluding hydrogens is 515 g/mol. The number of carbonyl (C=O) groups is 1. The van der Waals surface area contributed by atoms with E-state index in [1.165, 1.54) is 12.1 Å². The minimum absolute atomic E-state index is 0.0241. The fourth-order valence-corrected chi connectivity index (χ4v) is 5.51. The molecule has 0 bridgehead atoms. The van der Waals surface area contributed by atoms with Crippen molar-refractivity contribution in [3.8, 4) is 0 Å². The molecule has 1 aromatic carbocycles. The van der Waals surface area contributed by atoms with Crippen LogP contribution in [0.1, 0.15) is 76.4 Å². The summed E-state index contributed by atoms with van der Waals surface area (Å²) in [5.74, 6) is -0.286. The number of benzene rings is 1. The molecule has 1 atom stereocenters. The van der Waals surface area contributed by atoms with Gasteiger partial charge in [-0.15, -0.1) is 0 Å². The second-order valence-electron chi connectivity index (χ2n) is 11.4. The molecule has 8 heteroatoms. The van der Waals surface area contributed by atoms with Crippen LogP contribution < -0.4 is 5.73 Å². The van der Waals surface area contributed by atoms with Crippen LogP contribution in [-0.4, -0.2) is 39.5 Å². The van der Waals surface area contributed by atoms with Crippen LogP contribution in [0.15, 0.2) is 47.6 Å². The molecule has 1 unspecified atom stereocenters. The van der Waals surface area contributed by atoms with E-state index in [1.807, 2.05) is 31.5 Å². The van der Waals surface area contributed by atoms with Gasteiger partial charge in [-0.2, -0.15) is 5.10 Å². The predicted molar refractivity (Wildman–Crippen MR) is 157 cm³/mol. The van der Waals surface area contributed by atoms with Crippen molar-refractivity contribution in [1.29, 1.82) is 0 Å². The summed E-state index contributed by atoms with van der Waals surface area (Å²) in [5, 5.41) is 5.81. The number of carbonyl (C=O) groups excluding carboxylic acids is 1. The number of fused-ring (bicyclic) bond motifs is 1. The summed E-state index contributed by atoms with van der Waals surface area (Å²) >= 11 is 6.38. The lowest BCUT2D eigenvalue weighted by Gasteiger charge is -2.27. The molecule has 1 aromatic heterocycles. The molecule has 1 amide bonds. The Labute approximate surface area is 235 Å². The maximum atomic E-state index is 13.7. The monoisotopic (exact) mass is 552 g/mol. The Balaban J connectivity index is 1.95. The van der Waals surface area contributed by atoms with Gasteiger partial charge in [0.2, 0.25) is 0 Å².